The molecule has 2 nitrogen and oxygen atoms in total. The number of Topliss-reactive ketones (excluding diaryl/α,β-unsaturated/α-hetero) is 1. The minimum atomic E-state index is 0.302. The topological polar surface area (TPSA) is 26.3 Å². The molecule has 3 atom stereocenters. The predicted octanol–water partition coefficient (Wildman–Crippen LogP) is 4.33. The second-order valence-corrected chi connectivity index (χ2v) is 7.21. The summed E-state index contributed by atoms with van der Waals surface area (Å²) in [5.41, 5.74) is 0. The van der Waals surface area contributed by atoms with Crippen LogP contribution in [0.4, 0.5) is 0 Å². The Morgan fingerprint density at radius 2 is 2.15 bits per heavy atom. The molecule has 0 aliphatic carbocycles. The van der Waals surface area contributed by atoms with E-state index in [0.717, 1.165) is 19.4 Å². The molecule has 110 valence electrons. The lowest BCUT2D eigenvalue weighted by Gasteiger charge is -2.15. The molecule has 0 bridgehead atoms. The van der Waals surface area contributed by atoms with E-state index in [1.165, 1.54) is 4.90 Å². The van der Waals surface area contributed by atoms with Crippen LogP contribution in [0.15, 0.2) is 35.2 Å². The highest BCUT2D eigenvalue weighted by molar-refractivity contribution is 8.00. The minimum Gasteiger partial charge on any atom is -0.378 e. The van der Waals surface area contributed by atoms with Crippen molar-refractivity contribution < 1.29 is 9.53 Å². The van der Waals surface area contributed by atoms with Crippen molar-refractivity contribution in [2.24, 2.45) is 5.92 Å². The number of rotatable bonds is 7. The highest BCUT2D eigenvalue weighted by Gasteiger charge is 2.24. The summed E-state index contributed by atoms with van der Waals surface area (Å²) in [7, 11) is 0. The average molecular weight is 292 g/mol. The molecule has 20 heavy (non-hydrogen) atoms. The van der Waals surface area contributed by atoms with Gasteiger partial charge in [0.05, 0.1) is 6.10 Å². The van der Waals surface area contributed by atoms with Crippen LogP contribution in [0.5, 0.6) is 0 Å². The standard InChI is InChI=1S/C17H24O2S/c1-13-10-11-19-17(13)9-8-15(18)12-14(2)20-16-6-4-3-5-7-16/h3-7,13-14,17H,8-12H2,1-2H3. The zero-order valence-corrected chi connectivity index (χ0v) is 13.2. The van der Waals surface area contributed by atoms with E-state index in [4.69, 9.17) is 4.74 Å². The zero-order valence-electron chi connectivity index (χ0n) is 12.4. The summed E-state index contributed by atoms with van der Waals surface area (Å²) in [6, 6.07) is 10.3. The molecule has 3 heteroatoms. The molecule has 3 unspecified atom stereocenters. The minimum absolute atomic E-state index is 0.302. The Hall–Kier alpha value is -0.800. The van der Waals surface area contributed by atoms with Crippen molar-refractivity contribution in [3.05, 3.63) is 30.3 Å². The third-order valence-electron chi connectivity index (χ3n) is 3.84. The number of hydrogen-bond acceptors (Lipinski definition) is 3. The van der Waals surface area contributed by atoms with E-state index >= 15 is 0 Å². The van der Waals surface area contributed by atoms with Crippen molar-refractivity contribution in [1.29, 1.82) is 0 Å². The van der Waals surface area contributed by atoms with Gasteiger partial charge < -0.3 is 4.74 Å². The van der Waals surface area contributed by atoms with Gasteiger partial charge in [0.25, 0.3) is 0 Å². The first-order valence-corrected chi connectivity index (χ1v) is 8.38. The molecule has 0 amide bonds. The van der Waals surface area contributed by atoms with Crippen LogP contribution in [0.2, 0.25) is 0 Å². The normalized spacial score (nSPS) is 23.7. The van der Waals surface area contributed by atoms with E-state index in [2.05, 4.69) is 26.0 Å². The van der Waals surface area contributed by atoms with Gasteiger partial charge in [-0.3, -0.25) is 4.79 Å². The van der Waals surface area contributed by atoms with E-state index in [9.17, 15) is 4.79 Å². The van der Waals surface area contributed by atoms with Crippen LogP contribution in [0.1, 0.15) is 39.5 Å². The SMILES string of the molecule is CC(CC(=O)CCC1OCCC1C)Sc1ccccc1. The van der Waals surface area contributed by atoms with Crippen molar-refractivity contribution in [3.63, 3.8) is 0 Å². The fourth-order valence-electron chi connectivity index (χ4n) is 2.62. The third kappa shape index (κ3) is 4.95. The van der Waals surface area contributed by atoms with Gasteiger partial charge in [-0.05, 0) is 30.9 Å². The van der Waals surface area contributed by atoms with Crippen LogP contribution in [-0.2, 0) is 9.53 Å². The maximum absolute atomic E-state index is 12.0. The molecule has 0 spiro atoms. The van der Waals surface area contributed by atoms with E-state index in [1.807, 2.05) is 18.2 Å². The smallest absolute Gasteiger partial charge is 0.134 e. The van der Waals surface area contributed by atoms with Crippen LogP contribution in [0, 0.1) is 5.92 Å². The average Bonchev–Trinajstić information content (AvgIpc) is 2.83. The molecule has 0 aromatic heterocycles. The lowest BCUT2D eigenvalue weighted by atomic mass is 9.98. The van der Waals surface area contributed by atoms with E-state index in [-0.39, 0.29) is 0 Å². The number of thioether (sulfide) groups is 1. The van der Waals surface area contributed by atoms with Crippen molar-refractivity contribution in [1.82, 2.24) is 0 Å². The van der Waals surface area contributed by atoms with E-state index < -0.39 is 0 Å². The number of carbonyl (C=O) groups excluding carboxylic acids is 1. The van der Waals surface area contributed by atoms with Gasteiger partial charge in [0.15, 0.2) is 0 Å². The van der Waals surface area contributed by atoms with Crippen LogP contribution in [0.25, 0.3) is 0 Å². The first kappa shape index (κ1) is 15.6. The summed E-state index contributed by atoms with van der Waals surface area (Å²) < 4.78 is 5.66. The lowest BCUT2D eigenvalue weighted by Crippen LogP contribution is -2.16. The number of hydrogen-bond donors (Lipinski definition) is 0. The molecule has 1 aliphatic rings. The van der Waals surface area contributed by atoms with Crippen LogP contribution in [0.3, 0.4) is 0 Å². The van der Waals surface area contributed by atoms with Gasteiger partial charge in [-0.15, -0.1) is 11.8 Å². The highest BCUT2D eigenvalue weighted by atomic mass is 32.2. The first-order chi connectivity index (χ1) is 9.65. The number of ketones is 1. The molecule has 0 radical (unpaired) electrons. The zero-order chi connectivity index (χ0) is 14.4. The molecule has 1 saturated heterocycles. The largest absolute Gasteiger partial charge is 0.378 e. The lowest BCUT2D eigenvalue weighted by molar-refractivity contribution is -0.119. The fraction of sp³-hybridized carbons (Fsp3) is 0.588. The monoisotopic (exact) mass is 292 g/mol. The summed E-state index contributed by atoms with van der Waals surface area (Å²) >= 11 is 1.78. The molecular formula is C17H24O2S. The predicted molar refractivity (Wildman–Crippen MR) is 84.1 cm³/mol. The molecular weight excluding hydrogens is 268 g/mol. The van der Waals surface area contributed by atoms with Crippen molar-refractivity contribution >= 4 is 17.5 Å². The van der Waals surface area contributed by atoms with Gasteiger partial charge in [0.2, 0.25) is 0 Å². The summed E-state index contributed by atoms with van der Waals surface area (Å²) in [6.45, 7) is 5.21. The molecule has 1 fully saturated rings. The molecule has 2 rings (SSSR count). The summed E-state index contributed by atoms with van der Waals surface area (Å²) in [5.74, 6) is 0.975. The van der Waals surface area contributed by atoms with E-state index in [0.29, 0.717) is 35.9 Å². The fourth-order valence-corrected chi connectivity index (χ4v) is 3.67. The Morgan fingerprint density at radius 3 is 2.80 bits per heavy atom. The molecule has 1 aromatic carbocycles. The maximum atomic E-state index is 12.0. The second kappa shape index (κ2) is 7.84. The number of ether oxygens (including phenoxy) is 1. The summed E-state index contributed by atoms with van der Waals surface area (Å²) in [4.78, 5) is 13.3. The summed E-state index contributed by atoms with van der Waals surface area (Å²) in [5, 5.41) is 0.340. The highest BCUT2D eigenvalue weighted by Crippen LogP contribution is 2.27. The summed E-state index contributed by atoms with van der Waals surface area (Å²) in [6.07, 6.45) is 3.65. The molecule has 1 heterocycles. The first-order valence-electron chi connectivity index (χ1n) is 7.50. The Labute approximate surface area is 126 Å². The van der Waals surface area contributed by atoms with Gasteiger partial charge in [0.1, 0.15) is 5.78 Å². The van der Waals surface area contributed by atoms with Gasteiger partial charge in [-0.25, -0.2) is 0 Å². The van der Waals surface area contributed by atoms with Gasteiger partial charge >= 0.3 is 0 Å². The number of carbonyl (C=O) groups is 1. The van der Waals surface area contributed by atoms with Crippen molar-refractivity contribution in [2.45, 2.75) is 55.8 Å². The Bertz CT molecular complexity index is 418. The van der Waals surface area contributed by atoms with Gasteiger partial charge in [-0.2, -0.15) is 0 Å². The molecule has 1 aliphatic heterocycles. The molecule has 1 aromatic rings. The van der Waals surface area contributed by atoms with Crippen molar-refractivity contribution in [2.75, 3.05) is 6.61 Å². The van der Waals surface area contributed by atoms with Gasteiger partial charge in [0, 0.05) is 29.6 Å². The van der Waals surface area contributed by atoms with Crippen LogP contribution < -0.4 is 0 Å². The van der Waals surface area contributed by atoms with Gasteiger partial charge in [-0.1, -0.05) is 32.0 Å². The Kier molecular flexibility index (Phi) is 6.11. The molecule has 0 N–H and O–H groups in total. The second-order valence-electron chi connectivity index (χ2n) is 5.70. The van der Waals surface area contributed by atoms with Crippen LogP contribution in [-0.4, -0.2) is 23.7 Å². The Morgan fingerprint density at radius 1 is 1.40 bits per heavy atom. The van der Waals surface area contributed by atoms with Crippen LogP contribution >= 0.6 is 11.8 Å². The van der Waals surface area contributed by atoms with Crippen molar-refractivity contribution in [3.8, 4) is 0 Å². The van der Waals surface area contributed by atoms with E-state index in [1.54, 1.807) is 11.8 Å². The maximum Gasteiger partial charge on any atom is 0.134 e. The quantitative estimate of drug-likeness (QED) is 0.700. The number of benzene rings is 1. The molecule has 0 saturated carbocycles. The third-order valence-corrected chi connectivity index (χ3v) is 4.96. The Balaban J connectivity index is 1.68.